The van der Waals surface area contributed by atoms with Gasteiger partial charge in [-0.05, 0) is 43.2 Å². The van der Waals surface area contributed by atoms with E-state index >= 15 is 0 Å². The Morgan fingerprint density at radius 2 is 2.08 bits per heavy atom. The average Bonchev–Trinajstić information content (AvgIpc) is 2.91. The molecule has 1 fully saturated rings. The lowest BCUT2D eigenvalue weighted by atomic mass is 10.2. The zero-order valence-electron chi connectivity index (χ0n) is 13.6. The third-order valence-corrected chi connectivity index (χ3v) is 6.29. The number of nitrogens with one attached hydrogen (secondary N) is 2. The van der Waals surface area contributed by atoms with Crippen molar-refractivity contribution in [2.45, 2.75) is 19.4 Å². The van der Waals surface area contributed by atoms with Crippen LogP contribution in [0.3, 0.4) is 0 Å². The Kier molecular flexibility index (Phi) is 4.96. The van der Waals surface area contributed by atoms with Crippen LogP contribution in [0.2, 0.25) is 5.02 Å². The van der Waals surface area contributed by atoms with Gasteiger partial charge < -0.3 is 10.6 Å². The molecule has 6 nitrogen and oxygen atoms in total. The molecule has 1 amide bonds. The molecular weight excluding hydrogens is 362 g/mol. The van der Waals surface area contributed by atoms with Crippen LogP contribution in [0.5, 0.6) is 0 Å². The van der Waals surface area contributed by atoms with E-state index in [9.17, 15) is 13.2 Å². The van der Waals surface area contributed by atoms with Gasteiger partial charge in [-0.1, -0.05) is 17.7 Å². The largest absolute Gasteiger partial charge is 0.354 e. The van der Waals surface area contributed by atoms with Crippen LogP contribution in [0.15, 0.2) is 36.5 Å². The molecule has 0 bridgehead atoms. The van der Waals surface area contributed by atoms with Crippen LogP contribution in [0.4, 0.5) is 11.4 Å². The number of carbonyl (C=O) groups is 1. The third kappa shape index (κ3) is 4.29. The predicted molar refractivity (Wildman–Crippen MR) is 98.2 cm³/mol. The molecule has 1 saturated heterocycles. The van der Waals surface area contributed by atoms with Crippen molar-refractivity contribution in [1.29, 1.82) is 0 Å². The number of amides is 1. The molecule has 25 heavy (non-hydrogen) atoms. The standard InChI is InChI=1S/C17H18ClN3O3S/c1-11-14(18)3-2-4-15(11)20-12-5-6-16(19-9-12)17(22)21-13-7-8-25(23,24)10-13/h2-6,9,13,20H,7-8,10H2,1H3,(H,21,22). The molecule has 2 heterocycles. The van der Waals surface area contributed by atoms with Gasteiger partial charge in [0.1, 0.15) is 5.69 Å². The van der Waals surface area contributed by atoms with E-state index < -0.39 is 9.84 Å². The second-order valence-corrected chi connectivity index (χ2v) is 8.68. The van der Waals surface area contributed by atoms with Crippen molar-refractivity contribution in [2.75, 3.05) is 16.8 Å². The van der Waals surface area contributed by atoms with Gasteiger partial charge in [0.25, 0.3) is 5.91 Å². The first-order valence-electron chi connectivity index (χ1n) is 7.83. The maximum Gasteiger partial charge on any atom is 0.270 e. The monoisotopic (exact) mass is 379 g/mol. The smallest absolute Gasteiger partial charge is 0.270 e. The van der Waals surface area contributed by atoms with E-state index in [4.69, 9.17) is 11.6 Å². The first kappa shape index (κ1) is 17.7. The highest BCUT2D eigenvalue weighted by Crippen LogP contribution is 2.25. The van der Waals surface area contributed by atoms with Gasteiger partial charge in [0.05, 0.1) is 23.4 Å². The van der Waals surface area contributed by atoms with Gasteiger partial charge in [0, 0.05) is 16.8 Å². The Morgan fingerprint density at radius 3 is 2.72 bits per heavy atom. The Hall–Kier alpha value is -2.12. The van der Waals surface area contributed by atoms with Gasteiger partial charge in [-0.25, -0.2) is 13.4 Å². The zero-order valence-corrected chi connectivity index (χ0v) is 15.2. The summed E-state index contributed by atoms with van der Waals surface area (Å²) < 4.78 is 22.9. The van der Waals surface area contributed by atoms with Crippen molar-refractivity contribution < 1.29 is 13.2 Å². The molecule has 1 unspecified atom stereocenters. The van der Waals surface area contributed by atoms with Gasteiger partial charge in [-0.2, -0.15) is 0 Å². The molecule has 0 spiro atoms. The molecule has 2 N–H and O–H groups in total. The van der Waals surface area contributed by atoms with Gasteiger partial charge in [-0.3, -0.25) is 4.79 Å². The van der Waals surface area contributed by atoms with Crippen LogP contribution in [0, 0.1) is 6.92 Å². The fourth-order valence-corrected chi connectivity index (χ4v) is 4.52. The Balaban J connectivity index is 1.66. The van der Waals surface area contributed by atoms with Crippen molar-refractivity contribution in [1.82, 2.24) is 10.3 Å². The van der Waals surface area contributed by atoms with E-state index in [-0.39, 0.29) is 29.1 Å². The lowest BCUT2D eigenvalue weighted by Gasteiger charge is -2.12. The van der Waals surface area contributed by atoms with Crippen molar-refractivity contribution in [3.63, 3.8) is 0 Å². The molecule has 2 aromatic rings. The molecule has 1 aromatic heterocycles. The molecule has 1 aliphatic rings. The highest BCUT2D eigenvalue weighted by atomic mass is 35.5. The number of sulfone groups is 1. The number of hydrogen-bond donors (Lipinski definition) is 2. The number of anilines is 2. The minimum absolute atomic E-state index is 0.00752. The van der Waals surface area contributed by atoms with E-state index in [1.807, 2.05) is 25.1 Å². The summed E-state index contributed by atoms with van der Waals surface area (Å²) in [5.74, 6) is -0.257. The number of rotatable bonds is 4. The molecule has 0 saturated carbocycles. The van der Waals surface area contributed by atoms with Crippen LogP contribution >= 0.6 is 11.6 Å². The van der Waals surface area contributed by atoms with Gasteiger partial charge in [0.2, 0.25) is 0 Å². The molecule has 0 radical (unpaired) electrons. The minimum Gasteiger partial charge on any atom is -0.354 e. The number of carbonyl (C=O) groups excluding carboxylic acids is 1. The third-order valence-electron chi connectivity index (χ3n) is 4.11. The fourth-order valence-electron chi connectivity index (χ4n) is 2.67. The number of nitrogens with zero attached hydrogens (tertiary/aromatic N) is 1. The maximum absolute atomic E-state index is 12.2. The van der Waals surface area contributed by atoms with Gasteiger partial charge in [-0.15, -0.1) is 0 Å². The Morgan fingerprint density at radius 1 is 1.28 bits per heavy atom. The number of halogens is 1. The van der Waals surface area contributed by atoms with Crippen LogP contribution in [0.25, 0.3) is 0 Å². The number of hydrogen-bond acceptors (Lipinski definition) is 5. The van der Waals surface area contributed by atoms with E-state index in [0.717, 1.165) is 16.9 Å². The summed E-state index contributed by atoms with van der Waals surface area (Å²) in [6.45, 7) is 1.91. The molecule has 1 aliphatic heterocycles. The summed E-state index contributed by atoms with van der Waals surface area (Å²) in [6, 6.07) is 8.57. The summed E-state index contributed by atoms with van der Waals surface area (Å²) in [6.07, 6.45) is 2.00. The zero-order chi connectivity index (χ0) is 18.0. The average molecular weight is 380 g/mol. The van der Waals surface area contributed by atoms with Crippen molar-refractivity contribution in [3.8, 4) is 0 Å². The van der Waals surface area contributed by atoms with Crippen LogP contribution in [-0.4, -0.2) is 36.9 Å². The summed E-state index contributed by atoms with van der Waals surface area (Å²) in [4.78, 5) is 16.3. The van der Waals surface area contributed by atoms with Crippen molar-refractivity contribution >= 4 is 38.7 Å². The van der Waals surface area contributed by atoms with Crippen LogP contribution in [-0.2, 0) is 9.84 Å². The molecule has 3 rings (SSSR count). The van der Waals surface area contributed by atoms with Crippen LogP contribution < -0.4 is 10.6 Å². The lowest BCUT2D eigenvalue weighted by molar-refractivity contribution is 0.0936. The molecule has 132 valence electrons. The number of pyridine rings is 1. The number of benzene rings is 1. The first-order chi connectivity index (χ1) is 11.8. The Labute approximate surface area is 151 Å². The number of aromatic nitrogens is 1. The summed E-state index contributed by atoms with van der Waals surface area (Å²) in [5.41, 5.74) is 2.76. The quantitative estimate of drug-likeness (QED) is 0.852. The summed E-state index contributed by atoms with van der Waals surface area (Å²) in [5, 5.41) is 6.59. The second kappa shape index (κ2) is 7.01. The van der Waals surface area contributed by atoms with E-state index in [1.54, 1.807) is 18.3 Å². The normalized spacial score (nSPS) is 18.7. The van der Waals surface area contributed by atoms with Crippen molar-refractivity contribution in [2.24, 2.45) is 0 Å². The molecular formula is C17H18ClN3O3S. The van der Waals surface area contributed by atoms with Gasteiger partial charge in [0.15, 0.2) is 9.84 Å². The maximum atomic E-state index is 12.2. The predicted octanol–water partition coefficient (Wildman–Crippen LogP) is 2.70. The summed E-state index contributed by atoms with van der Waals surface area (Å²) in [7, 11) is -3.03. The highest BCUT2D eigenvalue weighted by molar-refractivity contribution is 7.91. The van der Waals surface area contributed by atoms with Gasteiger partial charge >= 0.3 is 0 Å². The highest BCUT2D eigenvalue weighted by Gasteiger charge is 2.29. The molecule has 1 atom stereocenters. The van der Waals surface area contributed by atoms with E-state index in [0.29, 0.717) is 11.4 Å². The fraction of sp³-hybridized carbons (Fsp3) is 0.294. The lowest BCUT2D eigenvalue weighted by Crippen LogP contribution is -2.36. The second-order valence-electron chi connectivity index (χ2n) is 6.04. The van der Waals surface area contributed by atoms with E-state index in [2.05, 4.69) is 15.6 Å². The molecule has 0 aliphatic carbocycles. The Bertz CT molecular complexity index is 898. The minimum atomic E-state index is -3.03. The summed E-state index contributed by atoms with van der Waals surface area (Å²) >= 11 is 6.10. The molecule has 8 heteroatoms. The molecule has 1 aromatic carbocycles. The first-order valence-corrected chi connectivity index (χ1v) is 10.0. The van der Waals surface area contributed by atoms with Crippen LogP contribution in [0.1, 0.15) is 22.5 Å². The van der Waals surface area contributed by atoms with E-state index in [1.165, 1.54) is 0 Å². The van der Waals surface area contributed by atoms with Crippen molar-refractivity contribution in [3.05, 3.63) is 52.8 Å². The SMILES string of the molecule is Cc1c(Cl)cccc1Nc1ccc(C(=O)NC2CCS(=O)(=O)C2)nc1. The topological polar surface area (TPSA) is 88.2 Å².